The van der Waals surface area contributed by atoms with Gasteiger partial charge in [0.05, 0.1) is 23.6 Å². The van der Waals surface area contributed by atoms with Crippen molar-refractivity contribution >= 4 is 33.5 Å². The number of aryl methyl sites for hydroxylation is 2. The van der Waals surface area contributed by atoms with Gasteiger partial charge in [-0.1, -0.05) is 23.7 Å². The highest BCUT2D eigenvalue weighted by atomic mass is 35.5. The number of hydrogen-bond acceptors (Lipinski definition) is 6. The van der Waals surface area contributed by atoms with Gasteiger partial charge in [-0.2, -0.15) is 25.9 Å². The molecule has 0 saturated heterocycles. The number of nitrogens with zero attached hydrogens (tertiary/aromatic N) is 2. The Kier molecular flexibility index (Phi) is 9.68. The Morgan fingerprint density at radius 3 is 2.35 bits per heavy atom. The number of carboxylic acids is 1. The molecule has 14 heteroatoms. The third-order valence-electron chi connectivity index (χ3n) is 6.32. The molecule has 0 saturated carbocycles. The average Bonchev–Trinajstić information content (AvgIpc) is 3.30. The largest absolute Gasteiger partial charge is 0.493 e. The van der Waals surface area contributed by atoms with Gasteiger partial charge < -0.3 is 14.3 Å². The molecule has 0 atom stereocenters. The number of carbonyl (C=O) groups is 1. The van der Waals surface area contributed by atoms with Gasteiger partial charge in [-0.25, -0.2) is 4.98 Å². The molecule has 0 bridgehead atoms. The third-order valence-corrected chi connectivity index (χ3v) is 7.97. The maximum atomic E-state index is 13.0. The van der Waals surface area contributed by atoms with Crippen molar-refractivity contribution in [3.8, 4) is 17.2 Å². The van der Waals surface area contributed by atoms with E-state index in [9.17, 15) is 31.5 Å². The molecule has 0 aliphatic rings. The summed E-state index contributed by atoms with van der Waals surface area (Å²) >= 11 is 5.94. The highest BCUT2D eigenvalue weighted by Gasteiger charge is 2.30. The van der Waals surface area contributed by atoms with Crippen LogP contribution in [0.4, 0.5) is 18.9 Å². The molecule has 2 N–H and O–H groups in total. The van der Waals surface area contributed by atoms with E-state index in [0.29, 0.717) is 45.3 Å². The second kappa shape index (κ2) is 13.1. The Hall–Kier alpha value is -4.07. The normalized spacial score (nSPS) is 12.0. The molecule has 4 rings (SSSR count). The van der Waals surface area contributed by atoms with Gasteiger partial charge in [-0.05, 0) is 79.6 Å². The second-order valence-corrected chi connectivity index (χ2v) is 11.7. The Labute approximate surface area is 251 Å². The van der Waals surface area contributed by atoms with E-state index in [1.54, 1.807) is 44.2 Å². The molecule has 0 spiro atoms. The Morgan fingerprint density at radius 2 is 1.74 bits per heavy atom. The zero-order chi connectivity index (χ0) is 31.4. The minimum atomic E-state index is -4.43. The van der Waals surface area contributed by atoms with Crippen LogP contribution < -0.4 is 9.46 Å². The van der Waals surface area contributed by atoms with E-state index in [0.717, 1.165) is 16.4 Å². The minimum absolute atomic E-state index is 0.201. The molecule has 0 unspecified atom stereocenters. The number of oxazole rings is 1. The van der Waals surface area contributed by atoms with E-state index in [2.05, 4.69) is 9.71 Å². The summed E-state index contributed by atoms with van der Waals surface area (Å²) in [4.78, 5) is 15.8. The first-order valence-electron chi connectivity index (χ1n) is 12.8. The Bertz CT molecular complexity index is 1690. The third kappa shape index (κ3) is 8.49. The van der Waals surface area contributed by atoms with Gasteiger partial charge in [0.1, 0.15) is 18.1 Å². The van der Waals surface area contributed by atoms with E-state index in [-0.39, 0.29) is 24.7 Å². The quantitative estimate of drug-likeness (QED) is 0.182. The lowest BCUT2D eigenvalue weighted by molar-refractivity contribution is -0.138. The summed E-state index contributed by atoms with van der Waals surface area (Å²) in [5, 5.41) is 9.75. The molecule has 4 aromatic rings. The number of aromatic nitrogens is 1. The fourth-order valence-corrected chi connectivity index (χ4v) is 5.53. The first-order valence-corrected chi connectivity index (χ1v) is 14.6. The number of alkyl halides is 3. The number of aliphatic carboxylic acids is 1. The molecule has 9 nitrogen and oxygen atoms in total. The van der Waals surface area contributed by atoms with Crippen LogP contribution in [0.3, 0.4) is 0 Å². The molecule has 0 radical (unpaired) electrons. The van der Waals surface area contributed by atoms with Gasteiger partial charge in [-0.15, -0.1) is 0 Å². The average molecular weight is 638 g/mol. The molecule has 228 valence electrons. The maximum Gasteiger partial charge on any atom is 0.416 e. The van der Waals surface area contributed by atoms with Crippen LogP contribution in [0.2, 0.25) is 5.02 Å². The number of benzene rings is 3. The van der Waals surface area contributed by atoms with Crippen LogP contribution in [0.1, 0.15) is 28.1 Å². The number of carboxylic acid groups (broad SMARTS) is 1. The first kappa shape index (κ1) is 31.9. The van der Waals surface area contributed by atoms with Crippen LogP contribution in [-0.2, 0) is 34.1 Å². The second-order valence-electron chi connectivity index (χ2n) is 9.57. The summed E-state index contributed by atoms with van der Waals surface area (Å²) in [7, 11) is -4.23. The zero-order valence-corrected chi connectivity index (χ0v) is 24.6. The first-order chi connectivity index (χ1) is 20.2. The fourth-order valence-electron chi connectivity index (χ4n) is 4.07. The number of rotatable bonds is 12. The van der Waals surface area contributed by atoms with Crippen molar-refractivity contribution < 1.29 is 40.6 Å². The summed E-state index contributed by atoms with van der Waals surface area (Å²) in [6.07, 6.45) is -4.08. The maximum absolute atomic E-state index is 13.0. The van der Waals surface area contributed by atoms with Gasteiger partial charge in [0.2, 0.25) is 5.89 Å². The number of nitrogens with one attached hydrogen (secondary N) is 1. The number of hydrogen-bond donors (Lipinski definition) is 2. The van der Waals surface area contributed by atoms with Gasteiger partial charge in [-0.3, -0.25) is 9.52 Å². The predicted octanol–water partition coefficient (Wildman–Crippen LogP) is 6.50. The molecular weight excluding hydrogens is 611 g/mol. The van der Waals surface area contributed by atoms with Crippen molar-refractivity contribution in [1.29, 1.82) is 0 Å². The van der Waals surface area contributed by atoms with Crippen LogP contribution in [0.15, 0.2) is 71.1 Å². The summed E-state index contributed by atoms with van der Waals surface area (Å²) in [6.45, 7) is 2.62. The summed E-state index contributed by atoms with van der Waals surface area (Å²) in [5.74, 6) is -0.124. The molecule has 1 heterocycles. The smallest absolute Gasteiger partial charge is 0.416 e. The van der Waals surface area contributed by atoms with Crippen molar-refractivity contribution in [2.45, 2.75) is 33.0 Å². The zero-order valence-electron chi connectivity index (χ0n) is 23.0. The van der Waals surface area contributed by atoms with Gasteiger partial charge in [0.25, 0.3) is 0 Å². The molecule has 0 amide bonds. The molecule has 43 heavy (non-hydrogen) atoms. The van der Waals surface area contributed by atoms with Crippen LogP contribution in [0.5, 0.6) is 5.75 Å². The highest BCUT2D eigenvalue weighted by molar-refractivity contribution is 7.90. The summed E-state index contributed by atoms with van der Waals surface area (Å²) < 4.78 is 79.2. The van der Waals surface area contributed by atoms with Crippen molar-refractivity contribution in [3.05, 3.63) is 99.9 Å². The fraction of sp³-hybridized carbons (Fsp3) is 0.241. The SMILES string of the molecule is Cc1cc(Cl)ccc1NS(=O)(=O)N(CC(=O)O)Cc1ccc(OCCc2nc(-c3ccc(C(F)(F)F)cc3)oc2C)cc1. The highest BCUT2D eigenvalue weighted by Crippen LogP contribution is 2.31. The lowest BCUT2D eigenvalue weighted by Crippen LogP contribution is -2.39. The molecule has 3 aromatic carbocycles. The lowest BCUT2D eigenvalue weighted by atomic mass is 10.1. The number of ether oxygens (including phenoxy) is 1. The van der Waals surface area contributed by atoms with Crippen molar-refractivity contribution in [2.24, 2.45) is 0 Å². The van der Waals surface area contributed by atoms with Crippen molar-refractivity contribution in [3.63, 3.8) is 0 Å². The van der Waals surface area contributed by atoms with Crippen molar-refractivity contribution in [2.75, 3.05) is 17.9 Å². The molecule has 0 aliphatic carbocycles. The van der Waals surface area contributed by atoms with Crippen LogP contribution in [0, 0.1) is 13.8 Å². The van der Waals surface area contributed by atoms with Crippen molar-refractivity contribution in [1.82, 2.24) is 9.29 Å². The summed E-state index contributed by atoms with van der Waals surface area (Å²) in [6, 6.07) is 15.6. The molecular formula is C29H27ClF3N3O6S. The van der Waals surface area contributed by atoms with Crippen LogP contribution in [0.25, 0.3) is 11.5 Å². The summed E-state index contributed by atoms with van der Waals surface area (Å²) in [5.41, 5.74) is 1.61. The van der Waals surface area contributed by atoms with E-state index in [1.807, 2.05) is 0 Å². The van der Waals surface area contributed by atoms with Crippen LogP contribution in [-0.4, -0.2) is 41.9 Å². The molecule has 0 fully saturated rings. The molecule has 0 aliphatic heterocycles. The number of anilines is 1. The monoisotopic (exact) mass is 637 g/mol. The van der Waals surface area contributed by atoms with Crippen LogP contribution >= 0.6 is 11.6 Å². The number of halogens is 4. The predicted molar refractivity (Wildman–Crippen MR) is 154 cm³/mol. The molecule has 1 aromatic heterocycles. The van der Waals surface area contributed by atoms with Gasteiger partial charge in [0.15, 0.2) is 0 Å². The minimum Gasteiger partial charge on any atom is -0.493 e. The van der Waals surface area contributed by atoms with Gasteiger partial charge in [0, 0.05) is 23.6 Å². The van der Waals surface area contributed by atoms with E-state index in [4.69, 9.17) is 20.8 Å². The van der Waals surface area contributed by atoms with Gasteiger partial charge >= 0.3 is 22.4 Å². The van der Waals surface area contributed by atoms with E-state index < -0.39 is 34.5 Å². The topological polar surface area (TPSA) is 122 Å². The standard InChI is InChI=1S/C29H27ClF3N3O6S/c1-18-15-23(30)9-12-25(18)35-43(39,40)36(17-27(37)38)16-20-3-10-24(11-4-20)41-14-13-26-19(2)42-28(34-26)21-5-7-22(8-6-21)29(31,32)33/h3-12,15,35H,13-14,16-17H2,1-2H3,(H,37,38). The van der Waals surface area contributed by atoms with E-state index >= 15 is 0 Å². The Morgan fingerprint density at radius 1 is 1.07 bits per heavy atom. The Balaban J connectivity index is 1.36. The van der Waals surface area contributed by atoms with E-state index in [1.165, 1.54) is 24.3 Å². The lowest BCUT2D eigenvalue weighted by Gasteiger charge is -2.22.